The summed E-state index contributed by atoms with van der Waals surface area (Å²) in [6, 6.07) is 7.85. The first-order valence-electron chi connectivity index (χ1n) is 21.6. The fraction of sp³-hybridized carbons (Fsp3) is 0.553. The van der Waals surface area contributed by atoms with E-state index >= 15 is 8.78 Å². The summed E-state index contributed by atoms with van der Waals surface area (Å²) in [6.07, 6.45) is 2.05. The van der Waals surface area contributed by atoms with E-state index in [1.165, 1.54) is 12.3 Å². The van der Waals surface area contributed by atoms with Gasteiger partial charge in [-0.2, -0.15) is 9.97 Å². The molecule has 3 aliphatic rings. The Balaban J connectivity index is 1.36. The summed E-state index contributed by atoms with van der Waals surface area (Å²) in [5, 5.41) is 1.47. The van der Waals surface area contributed by atoms with Gasteiger partial charge in [-0.05, 0) is 68.2 Å². The van der Waals surface area contributed by atoms with Crippen molar-refractivity contribution in [3.63, 3.8) is 0 Å². The highest BCUT2D eigenvalue weighted by molar-refractivity contribution is 6.90. The molecule has 3 atom stereocenters. The van der Waals surface area contributed by atoms with Crippen molar-refractivity contribution in [3.05, 3.63) is 65.1 Å². The second-order valence-electron chi connectivity index (χ2n) is 19.0. The molecule has 2 aromatic carbocycles. The van der Waals surface area contributed by atoms with E-state index < -0.39 is 49.2 Å². The van der Waals surface area contributed by atoms with Crippen LogP contribution in [-0.2, 0) is 4.74 Å². The zero-order valence-corrected chi connectivity index (χ0v) is 37.9. The van der Waals surface area contributed by atoms with E-state index in [4.69, 9.17) is 26.0 Å². The average molecular weight is 854 g/mol. The van der Waals surface area contributed by atoms with Gasteiger partial charge >= 0.3 is 12.1 Å². The summed E-state index contributed by atoms with van der Waals surface area (Å²) < 4.78 is 60.5. The molecule has 0 spiro atoms. The van der Waals surface area contributed by atoms with Gasteiger partial charge in [0.05, 0.1) is 16.5 Å². The summed E-state index contributed by atoms with van der Waals surface area (Å²) in [6.45, 7) is 28.3. The third-order valence-electron chi connectivity index (χ3n) is 13.1. The van der Waals surface area contributed by atoms with Gasteiger partial charge in [0.25, 0.3) is 0 Å². The number of pyridine rings is 1. The molecular weight excluding hydrogens is 796 g/mol. The van der Waals surface area contributed by atoms with E-state index in [2.05, 4.69) is 67.7 Å². The van der Waals surface area contributed by atoms with Gasteiger partial charge in [0.2, 0.25) is 6.54 Å². The Bertz CT molecular complexity index is 2400. The van der Waals surface area contributed by atoms with E-state index in [9.17, 15) is 9.18 Å². The lowest BCUT2D eigenvalue weighted by Gasteiger charge is -2.40. The highest BCUT2D eigenvalue weighted by Crippen LogP contribution is 2.43. The monoisotopic (exact) mass is 853 g/mol. The Morgan fingerprint density at radius 3 is 2.46 bits per heavy atom. The maximum atomic E-state index is 17.5. The van der Waals surface area contributed by atoms with Crippen LogP contribution in [0.3, 0.4) is 0 Å². The van der Waals surface area contributed by atoms with Crippen LogP contribution in [-0.4, -0.2) is 108 Å². The number of hydrogen-bond donors (Lipinski definition) is 0. The summed E-state index contributed by atoms with van der Waals surface area (Å²) >= 11 is 0. The van der Waals surface area contributed by atoms with Crippen molar-refractivity contribution in [1.82, 2.24) is 24.8 Å². The van der Waals surface area contributed by atoms with Gasteiger partial charge in [-0.1, -0.05) is 71.7 Å². The molecule has 61 heavy (non-hydrogen) atoms. The Labute approximate surface area is 359 Å². The minimum Gasteiger partial charge on any atom is -0.461 e. The molecule has 5 heterocycles. The molecule has 0 radical (unpaired) electrons. The number of fused-ring (bicyclic) bond motifs is 3. The van der Waals surface area contributed by atoms with Gasteiger partial charge in [-0.15, -0.1) is 5.54 Å². The number of ether oxygens (including phenoxy) is 2. The number of carbonyl (C=O) groups excluding carboxylic acids is 1. The van der Waals surface area contributed by atoms with Crippen LogP contribution in [0.1, 0.15) is 87.1 Å². The number of anilines is 1. The van der Waals surface area contributed by atoms with E-state index in [0.717, 1.165) is 19.4 Å². The second kappa shape index (κ2) is 17.1. The average Bonchev–Trinajstić information content (AvgIpc) is 3.72. The Kier molecular flexibility index (Phi) is 12.4. The van der Waals surface area contributed by atoms with Gasteiger partial charge in [0, 0.05) is 49.7 Å². The zero-order chi connectivity index (χ0) is 44.0. The molecule has 7 rings (SSSR count). The lowest BCUT2D eigenvalue weighted by molar-refractivity contribution is 0.0155. The maximum Gasteiger partial charge on any atom is 0.410 e. The highest BCUT2D eigenvalue weighted by atomic mass is 28.3. The zero-order valence-electron chi connectivity index (χ0n) is 36.9. The lowest BCUT2D eigenvalue weighted by Crippen LogP contribution is -2.57. The number of halogens is 3. The fourth-order valence-electron chi connectivity index (χ4n) is 10.3. The predicted molar refractivity (Wildman–Crippen MR) is 237 cm³/mol. The third-order valence-corrected chi connectivity index (χ3v) is 19.4. The summed E-state index contributed by atoms with van der Waals surface area (Å²) in [5.41, 5.74) is 3.89. The molecule has 0 aliphatic carbocycles. The molecule has 4 aromatic rings. The molecule has 324 valence electrons. The number of nitrogens with zero attached hydrogens (tertiary/aromatic N) is 7. The quantitative estimate of drug-likeness (QED) is 0.0935. The first-order valence-corrected chi connectivity index (χ1v) is 23.8. The number of amides is 1. The van der Waals surface area contributed by atoms with Crippen molar-refractivity contribution >= 4 is 41.7 Å². The molecular formula is C47H58F3N7O3Si. The molecule has 3 aliphatic heterocycles. The molecule has 3 fully saturated rings. The lowest BCUT2D eigenvalue weighted by atomic mass is 9.95. The Hall–Kier alpha value is -4.92. The Morgan fingerprint density at radius 2 is 1.77 bits per heavy atom. The number of carbonyl (C=O) groups is 1. The largest absolute Gasteiger partial charge is 0.461 e. The third kappa shape index (κ3) is 8.38. The number of rotatable bonds is 9. The van der Waals surface area contributed by atoms with Crippen molar-refractivity contribution in [2.24, 2.45) is 0 Å². The van der Waals surface area contributed by atoms with Gasteiger partial charge in [-0.3, -0.25) is 14.8 Å². The van der Waals surface area contributed by atoms with E-state index in [1.54, 1.807) is 43.9 Å². The van der Waals surface area contributed by atoms with E-state index in [0.29, 0.717) is 63.7 Å². The second-order valence-corrected chi connectivity index (χ2v) is 24.5. The van der Waals surface area contributed by atoms with Gasteiger partial charge < -0.3 is 19.2 Å². The molecule has 0 unspecified atom stereocenters. The SMILES string of the molecule is [C-]#[N+]C[C@H]1CN(c2nc(OC[C@@]34CCCN3C[C@H](F)C4)nc3c(F)c(-c4cccc5ccc(F)c(C#C[Si](C(C)C)(C(C)C)C(C)C)c45)ncc23)CCN1C(=O)OC(C)(C)C. The number of benzene rings is 2. The van der Waals surface area contributed by atoms with Gasteiger partial charge in [0.1, 0.15) is 55.3 Å². The molecule has 0 bridgehead atoms. The Morgan fingerprint density at radius 1 is 1.03 bits per heavy atom. The molecule has 1 amide bonds. The van der Waals surface area contributed by atoms with Crippen LogP contribution >= 0.6 is 0 Å². The molecule has 0 N–H and O–H groups in total. The van der Waals surface area contributed by atoms with Crippen molar-refractivity contribution < 1.29 is 27.4 Å². The summed E-state index contributed by atoms with van der Waals surface area (Å²) in [7, 11) is -2.28. The maximum absolute atomic E-state index is 17.5. The molecule has 3 saturated heterocycles. The van der Waals surface area contributed by atoms with Crippen LogP contribution in [0.15, 0.2) is 36.5 Å². The topological polar surface area (TPSA) is 88.3 Å². The van der Waals surface area contributed by atoms with E-state index in [1.807, 2.05) is 11.0 Å². The van der Waals surface area contributed by atoms with Crippen LogP contribution in [0.25, 0.3) is 37.8 Å². The summed E-state index contributed by atoms with van der Waals surface area (Å²) in [4.78, 5) is 36.7. The van der Waals surface area contributed by atoms with Crippen molar-refractivity contribution in [3.8, 4) is 28.7 Å². The van der Waals surface area contributed by atoms with Crippen molar-refractivity contribution in [2.75, 3.05) is 50.8 Å². The van der Waals surface area contributed by atoms with Crippen LogP contribution < -0.4 is 9.64 Å². The molecule has 10 nitrogen and oxygen atoms in total. The number of hydrogen-bond acceptors (Lipinski definition) is 8. The standard InChI is InChI=1S/C47H58F3N7O3Si/c1-29(2)61(30(3)4,31(5)6)22-17-35-38(49)16-15-32-13-11-14-36(39(32)35)41-40(50)42-37(25-52-41)43(54-44(53-42)59-28-47-18-12-19-56(47)26-33(48)23-47)55-20-21-57(34(27-55)24-51-10)45(58)60-46(7,8)9/h11,13-16,25,29-31,33-34H,12,18-21,23-24,26-28H2,1-9H3/t33-,34+,47+/m1/s1. The predicted octanol–water partition coefficient (Wildman–Crippen LogP) is 9.99. The van der Waals surface area contributed by atoms with Crippen LogP contribution in [0.2, 0.25) is 16.6 Å². The van der Waals surface area contributed by atoms with Crippen molar-refractivity contribution in [1.29, 1.82) is 0 Å². The van der Waals surface area contributed by atoms with Gasteiger partial charge in [0.15, 0.2) is 5.82 Å². The molecule has 2 aromatic heterocycles. The number of aromatic nitrogens is 3. The minimum absolute atomic E-state index is 0.0135. The van der Waals surface area contributed by atoms with Crippen LogP contribution in [0, 0.1) is 29.7 Å². The van der Waals surface area contributed by atoms with Crippen LogP contribution in [0.4, 0.5) is 23.8 Å². The normalized spacial score (nSPS) is 21.0. The first kappa shape index (κ1) is 44.1. The fourth-order valence-corrected chi connectivity index (χ4v) is 15.5. The van der Waals surface area contributed by atoms with Gasteiger partial charge in [-0.25, -0.2) is 24.5 Å². The number of piperazine rings is 1. The summed E-state index contributed by atoms with van der Waals surface area (Å²) in [5.74, 6) is 2.42. The molecule has 0 saturated carbocycles. The van der Waals surface area contributed by atoms with E-state index in [-0.39, 0.29) is 49.0 Å². The van der Waals surface area contributed by atoms with Crippen LogP contribution in [0.5, 0.6) is 6.01 Å². The smallest absolute Gasteiger partial charge is 0.410 e. The van der Waals surface area contributed by atoms with Crippen molar-refractivity contribution in [2.45, 2.75) is 122 Å². The first-order chi connectivity index (χ1) is 28.9. The molecule has 14 heteroatoms. The minimum atomic E-state index is -2.28. The highest BCUT2D eigenvalue weighted by Gasteiger charge is 2.49. The number of alkyl halides is 1.